The van der Waals surface area contributed by atoms with Crippen LogP contribution in [0, 0.1) is 4.91 Å². The van der Waals surface area contributed by atoms with Crippen LogP contribution >= 0.6 is 0 Å². The van der Waals surface area contributed by atoms with E-state index in [-0.39, 0.29) is 6.67 Å². The van der Waals surface area contributed by atoms with Crippen LogP contribution in [0.5, 0.6) is 0 Å². The Morgan fingerprint density at radius 3 is 3.17 bits per heavy atom. The standard InChI is InChI=1S/C6H8N5O/c1-10-2-9-6-4(10)5(7)8-3-11(6)12/h2H,3H2,1H3,(H2,7,8)/q+1. The van der Waals surface area contributed by atoms with Gasteiger partial charge in [-0.2, -0.15) is 0 Å². The van der Waals surface area contributed by atoms with E-state index >= 15 is 0 Å². The van der Waals surface area contributed by atoms with E-state index in [4.69, 9.17) is 5.73 Å². The molecule has 62 valence electrons. The lowest BCUT2D eigenvalue weighted by Crippen LogP contribution is -2.24. The number of aromatic nitrogens is 2. The average molecular weight is 166 g/mol. The molecule has 6 heteroatoms. The molecule has 1 aromatic rings. The van der Waals surface area contributed by atoms with Crippen molar-refractivity contribution in [2.24, 2.45) is 17.8 Å². The van der Waals surface area contributed by atoms with E-state index in [0.29, 0.717) is 22.1 Å². The molecule has 0 amide bonds. The molecule has 0 saturated heterocycles. The summed E-state index contributed by atoms with van der Waals surface area (Å²) in [5.41, 5.74) is 6.17. The third kappa shape index (κ3) is 0.744. The second-order valence-corrected chi connectivity index (χ2v) is 2.59. The quantitative estimate of drug-likeness (QED) is 0.528. The average Bonchev–Trinajstić information content (AvgIpc) is 2.42. The molecule has 0 saturated carbocycles. The van der Waals surface area contributed by atoms with E-state index in [1.807, 2.05) is 0 Å². The molecule has 1 aliphatic rings. The van der Waals surface area contributed by atoms with Crippen LogP contribution in [-0.4, -0.2) is 26.8 Å². The number of hydrogen-bond acceptors (Lipinski definition) is 4. The van der Waals surface area contributed by atoms with Gasteiger partial charge in [-0.15, -0.1) is 0 Å². The Labute approximate surface area is 68.3 Å². The molecule has 0 atom stereocenters. The predicted octanol–water partition coefficient (Wildman–Crippen LogP) is -0.493. The van der Waals surface area contributed by atoms with Gasteiger partial charge in [-0.1, -0.05) is 4.91 Å². The summed E-state index contributed by atoms with van der Waals surface area (Å²) in [6.45, 7) is 0.0375. The van der Waals surface area contributed by atoms with E-state index in [9.17, 15) is 4.91 Å². The number of aliphatic imine (C=N–C) groups is 1. The first-order valence-electron chi connectivity index (χ1n) is 3.46. The molecule has 6 nitrogen and oxygen atoms in total. The van der Waals surface area contributed by atoms with Gasteiger partial charge in [-0.25, -0.2) is 4.99 Å². The Morgan fingerprint density at radius 2 is 2.50 bits per heavy atom. The lowest BCUT2D eigenvalue weighted by molar-refractivity contribution is -0.466. The number of amidine groups is 1. The summed E-state index contributed by atoms with van der Waals surface area (Å²) in [6, 6.07) is 0. The smallest absolute Gasteiger partial charge is 0.382 e. The zero-order chi connectivity index (χ0) is 8.72. The predicted molar refractivity (Wildman–Crippen MR) is 42.1 cm³/mol. The monoisotopic (exact) mass is 166 g/mol. The van der Waals surface area contributed by atoms with Crippen LogP contribution in [0.3, 0.4) is 0 Å². The van der Waals surface area contributed by atoms with Crippen molar-refractivity contribution in [3.8, 4) is 0 Å². The first-order valence-corrected chi connectivity index (χ1v) is 3.46. The largest absolute Gasteiger partial charge is 0.392 e. The van der Waals surface area contributed by atoms with Crippen LogP contribution in [0.2, 0.25) is 0 Å². The van der Waals surface area contributed by atoms with Crippen molar-refractivity contribution in [1.82, 2.24) is 9.55 Å². The molecule has 0 aliphatic carbocycles. The van der Waals surface area contributed by atoms with Gasteiger partial charge >= 0.3 is 5.82 Å². The Kier molecular flexibility index (Phi) is 1.24. The van der Waals surface area contributed by atoms with Gasteiger partial charge in [0.25, 0.3) is 0 Å². The van der Waals surface area contributed by atoms with Crippen LogP contribution < -0.4 is 5.73 Å². The van der Waals surface area contributed by atoms with Crippen molar-refractivity contribution in [3.05, 3.63) is 16.9 Å². The number of fused-ring (bicyclic) bond motifs is 1. The third-order valence-electron chi connectivity index (χ3n) is 1.77. The molecule has 0 radical (unpaired) electrons. The SMILES string of the molecule is Cn1cnc2c1C(N)=NC[N+]2=O. The maximum absolute atomic E-state index is 11.1. The Morgan fingerprint density at radius 1 is 1.75 bits per heavy atom. The maximum atomic E-state index is 11.1. The number of hydrogen-bond donors (Lipinski definition) is 1. The van der Waals surface area contributed by atoms with Crippen LogP contribution in [0.1, 0.15) is 5.69 Å². The Bertz CT molecular complexity index is 377. The van der Waals surface area contributed by atoms with Crippen molar-refractivity contribution in [2.75, 3.05) is 6.67 Å². The number of nitrogens with two attached hydrogens (primary N) is 1. The number of aryl methyl sites for hydroxylation is 1. The van der Waals surface area contributed by atoms with Gasteiger partial charge in [0, 0.05) is 11.8 Å². The molecule has 12 heavy (non-hydrogen) atoms. The second-order valence-electron chi connectivity index (χ2n) is 2.59. The highest BCUT2D eigenvalue weighted by Crippen LogP contribution is 2.18. The van der Waals surface area contributed by atoms with Crippen molar-refractivity contribution >= 4 is 11.7 Å². The number of nitroso groups, excluding NO2 is 1. The van der Waals surface area contributed by atoms with Crippen molar-refractivity contribution in [3.63, 3.8) is 0 Å². The first kappa shape index (κ1) is 6.96. The summed E-state index contributed by atoms with van der Waals surface area (Å²) in [7, 11) is 1.77. The van der Waals surface area contributed by atoms with E-state index in [1.165, 1.54) is 0 Å². The molecular formula is C6H8N5O+. The Balaban J connectivity index is 2.69. The molecular weight excluding hydrogens is 158 g/mol. The second kappa shape index (κ2) is 2.13. The number of nitrogens with zero attached hydrogens (tertiary/aromatic N) is 4. The van der Waals surface area contributed by atoms with Crippen molar-refractivity contribution in [1.29, 1.82) is 0 Å². The summed E-state index contributed by atoms with van der Waals surface area (Å²) in [4.78, 5) is 18.9. The van der Waals surface area contributed by atoms with Crippen LogP contribution in [0.25, 0.3) is 0 Å². The topological polar surface area (TPSA) is 76.3 Å². The van der Waals surface area contributed by atoms with Crippen LogP contribution in [0.15, 0.2) is 11.3 Å². The number of imidazole rings is 1. The minimum absolute atomic E-state index is 0.0375. The van der Waals surface area contributed by atoms with Gasteiger partial charge in [-0.05, 0) is 4.98 Å². The molecule has 0 bridgehead atoms. The number of rotatable bonds is 0. The Hall–Kier alpha value is -1.72. The normalized spacial score (nSPS) is 15.8. The molecule has 2 N–H and O–H groups in total. The summed E-state index contributed by atoms with van der Waals surface area (Å²) in [5, 5.41) is 0. The zero-order valence-electron chi connectivity index (χ0n) is 6.56. The van der Waals surface area contributed by atoms with E-state index in [0.717, 1.165) is 0 Å². The fraction of sp³-hybridized carbons (Fsp3) is 0.333. The summed E-state index contributed by atoms with van der Waals surface area (Å²) in [6.07, 6.45) is 1.54. The van der Waals surface area contributed by atoms with Crippen LogP contribution in [-0.2, 0) is 7.05 Å². The maximum Gasteiger partial charge on any atom is 0.392 e. The minimum Gasteiger partial charge on any atom is -0.382 e. The summed E-state index contributed by atoms with van der Waals surface area (Å²) in [5.74, 6) is 0.724. The fourth-order valence-electron chi connectivity index (χ4n) is 1.18. The highest BCUT2D eigenvalue weighted by Gasteiger charge is 2.29. The van der Waals surface area contributed by atoms with Gasteiger partial charge in [0.1, 0.15) is 0 Å². The van der Waals surface area contributed by atoms with Gasteiger partial charge in [-0.3, -0.25) is 0 Å². The van der Waals surface area contributed by atoms with Crippen LogP contribution in [0.4, 0.5) is 5.82 Å². The first-order chi connectivity index (χ1) is 5.70. The molecule has 2 rings (SSSR count). The molecule has 2 heterocycles. The molecule has 0 spiro atoms. The van der Waals surface area contributed by atoms with Gasteiger partial charge < -0.3 is 10.3 Å². The lowest BCUT2D eigenvalue weighted by Gasteiger charge is -2.03. The van der Waals surface area contributed by atoms with Gasteiger partial charge in [0.2, 0.25) is 13.0 Å². The molecule has 0 fully saturated rings. The zero-order valence-corrected chi connectivity index (χ0v) is 6.56. The van der Waals surface area contributed by atoms with E-state index < -0.39 is 0 Å². The molecule has 0 unspecified atom stereocenters. The van der Waals surface area contributed by atoms with Crippen molar-refractivity contribution in [2.45, 2.75) is 0 Å². The molecule has 1 aromatic heterocycles. The molecule has 0 aromatic carbocycles. The van der Waals surface area contributed by atoms with E-state index in [2.05, 4.69) is 9.98 Å². The summed E-state index contributed by atoms with van der Waals surface area (Å²) >= 11 is 0. The van der Waals surface area contributed by atoms with E-state index in [1.54, 1.807) is 17.9 Å². The highest BCUT2D eigenvalue weighted by molar-refractivity contribution is 5.99. The third-order valence-corrected chi connectivity index (χ3v) is 1.77. The lowest BCUT2D eigenvalue weighted by atomic mass is 10.3. The van der Waals surface area contributed by atoms with Crippen molar-refractivity contribution < 1.29 is 4.76 Å². The molecule has 1 aliphatic heterocycles. The fourth-order valence-corrected chi connectivity index (χ4v) is 1.18. The van der Waals surface area contributed by atoms with Gasteiger partial charge in [0.15, 0.2) is 11.5 Å². The minimum atomic E-state index is 0.0375. The summed E-state index contributed by atoms with van der Waals surface area (Å²) < 4.78 is 2.39. The van der Waals surface area contributed by atoms with Gasteiger partial charge in [0.05, 0.1) is 0 Å². The highest BCUT2D eigenvalue weighted by atomic mass is 16.3.